The van der Waals surface area contributed by atoms with Crippen molar-refractivity contribution in [1.82, 2.24) is 9.97 Å². The molecule has 2 aliphatic carbocycles. The topological polar surface area (TPSA) is 75.1 Å². The molecule has 2 aliphatic rings. The van der Waals surface area contributed by atoms with Gasteiger partial charge in [-0.1, -0.05) is 6.42 Å². The lowest BCUT2D eigenvalue weighted by atomic mass is 9.81. The summed E-state index contributed by atoms with van der Waals surface area (Å²) in [7, 11) is 0. The van der Waals surface area contributed by atoms with E-state index in [4.69, 9.17) is 5.11 Å². The second kappa shape index (κ2) is 3.17. The van der Waals surface area contributed by atoms with Crippen molar-refractivity contribution in [3.05, 3.63) is 18.1 Å². The molecule has 0 bridgehead atoms. The van der Waals surface area contributed by atoms with Gasteiger partial charge >= 0.3 is 5.97 Å². The maximum Gasteiger partial charge on any atom is 0.358 e. The van der Waals surface area contributed by atoms with Crippen LogP contribution in [0.25, 0.3) is 0 Å². The number of carboxylic acids is 1. The van der Waals surface area contributed by atoms with E-state index in [9.17, 15) is 4.79 Å². The van der Waals surface area contributed by atoms with Crippen LogP contribution in [0.5, 0.6) is 0 Å². The van der Waals surface area contributed by atoms with E-state index in [0.29, 0.717) is 17.3 Å². The third-order valence-corrected chi connectivity index (χ3v) is 3.75. The van der Waals surface area contributed by atoms with Crippen LogP contribution in [0, 0.1) is 5.41 Å². The van der Waals surface area contributed by atoms with Gasteiger partial charge in [0.15, 0.2) is 11.5 Å². The second-order valence-electron chi connectivity index (χ2n) is 4.68. The van der Waals surface area contributed by atoms with Crippen molar-refractivity contribution < 1.29 is 9.90 Å². The summed E-state index contributed by atoms with van der Waals surface area (Å²) in [5.74, 6) is -0.623. The van der Waals surface area contributed by atoms with Gasteiger partial charge in [0.05, 0.1) is 0 Å². The molecule has 84 valence electrons. The Kier molecular flexibility index (Phi) is 1.89. The van der Waals surface area contributed by atoms with E-state index in [2.05, 4.69) is 15.3 Å². The number of anilines is 1. The van der Waals surface area contributed by atoms with Crippen LogP contribution < -0.4 is 5.32 Å². The predicted molar refractivity (Wildman–Crippen MR) is 57.3 cm³/mol. The summed E-state index contributed by atoms with van der Waals surface area (Å²) in [6.07, 6.45) is 7.87. The fraction of sp³-hybridized carbons (Fsp3) is 0.545. The largest absolute Gasteiger partial charge is 0.476 e. The van der Waals surface area contributed by atoms with Crippen LogP contribution in [0.1, 0.15) is 36.2 Å². The Balaban J connectivity index is 1.77. The average molecular weight is 219 g/mol. The number of rotatable bonds is 3. The molecule has 2 fully saturated rings. The molecule has 0 saturated heterocycles. The van der Waals surface area contributed by atoms with E-state index in [1.54, 1.807) is 0 Å². The Morgan fingerprint density at radius 2 is 2.19 bits per heavy atom. The molecule has 2 N–H and O–H groups in total. The van der Waals surface area contributed by atoms with E-state index in [1.807, 2.05) is 0 Å². The summed E-state index contributed by atoms with van der Waals surface area (Å²) in [5.41, 5.74) is 0.469. The van der Waals surface area contributed by atoms with Crippen LogP contribution >= 0.6 is 0 Å². The van der Waals surface area contributed by atoms with E-state index in [1.165, 1.54) is 31.7 Å². The molecule has 1 atom stereocenters. The van der Waals surface area contributed by atoms with Crippen LogP contribution in [-0.4, -0.2) is 27.1 Å². The fourth-order valence-electron chi connectivity index (χ4n) is 2.50. The lowest BCUT2D eigenvalue weighted by molar-refractivity contribution is 0.0691. The van der Waals surface area contributed by atoms with Gasteiger partial charge in [-0.25, -0.2) is 14.8 Å². The molecule has 1 aromatic heterocycles. The number of nitrogens with one attached hydrogen (secondary N) is 1. The van der Waals surface area contributed by atoms with Crippen LogP contribution in [0.2, 0.25) is 0 Å². The van der Waals surface area contributed by atoms with Gasteiger partial charge in [0.2, 0.25) is 0 Å². The molecule has 0 radical (unpaired) electrons. The summed E-state index contributed by atoms with van der Waals surface area (Å²) in [6.45, 7) is 0. The molecule has 5 nitrogen and oxygen atoms in total. The van der Waals surface area contributed by atoms with E-state index < -0.39 is 5.97 Å². The van der Waals surface area contributed by atoms with Gasteiger partial charge in [0.1, 0.15) is 0 Å². The van der Waals surface area contributed by atoms with Gasteiger partial charge in [-0.15, -0.1) is 0 Å². The highest BCUT2D eigenvalue weighted by molar-refractivity contribution is 5.90. The Labute approximate surface area is 92.9 Å². The molecular formula is C11H13N3O2. The van der Waals surface area contributed by atoms with Gasteiger partial charge in [-0.05, 0) is 24.7 Å². The van der Waals surface area contributed by atoms with Gasteiger partial charge in [-0.3, -0.25) is 0 Å². The van der Waals surface area contributed by atoms with Crippen molar-refractivity contribution in [2.45, 2.75) is 31.7 Å². The highest BCUT2D eigenvalue weighted by Crippen LogP contribution is 2.61. The molecule has 1 unspecified atom stereocenters. The molecule has 1 aromatic rings. The molecule has 0 aromatic carbocycles. The van der Waals surface area contributed by atoms with Gasteiger partial charge in [-0.2, -0.15) is 0 Å². The lowest BCUT2D eigenvalue weighted by Gasteiger charge is -2.26. The molecule has 0 aliphatic heterocycles. The molecule has 3 rings (SSSR count). The first-order valence-electron chi connectivity index (χ1n) is 5.52. The van der Waals surface area contributed by atoms with E-state index in [-0.39, 0.29) is 5.69 Å². The highest BCUT2D eigenvalue weighted by Gasteiger charge is 2.57. The van der Waals surface area contributed by atoms with Gasteiger partial charge in [0.25, 0.3) is 0 Å². The number of hydrogen-bond acceptors (Lipinski definition) is 4. The molecule has 16 heavy (non-hydrogen) atoms. The van der Waals surface area contributed by atoms with E-state index >= 15 is 0 Å². The number of aromatic nitrogens is 2. The SMILES string of the molecule is O=C(O)c1nccnc1NC1CC12CCC2. The van der Waals surface area contributed by atoms with Crippen LogP contribution in [-0.2, 0) is 0 Å². The minimum atomic E-state index is -1.03. The smallest absolute Gasteiger partial charge is 0.358 e. The zero-order valence-corrected chi connectivity index (χ0v) is 8.81. The summed E-state index contributed by atoms with van der Waals surface area (Å²) in [5, 5.41) is 12.2. The minimum absolute atomic E-state index is 0.0175. The Morgan fingerprint density at radius 1 is 1.44 bits per heavy atom. The molecule has 2 saturated carbocycles. The maximum atomic E-state index is 10.9. The molecule has 1 heterocycles. The third-order valence-electron chi connectivity index (χ3n) is 3.75. The standard InChI is InChI=1S/C11H13N3O2/c15-10(16)8-9(13-5-4-12-8)14-7-6-11(7)2-1-3-11/h4-5,7H,1-3,6H2,(H,13,14)(H,15,16). The molecule has 5 heteroatoms. The normalized spacial score (nSPS) is 24.9. The van der Waals surface area contributed by atoms with Crippen LogP contribution in [0.15, 0.2) is 12.4 Å². The molecule has 1 spiro atoms. The Morgan fingerprint density at radius 3 is 2.75 bits per heavy atom. The van der Waals surface area contributed by atoms with Crippen LogP contribution in [0.4, 0.5) is 5.82 Å². The minimum Gasteiger partial charge on any atom is -0.476 e. The summed E-state index contributed by atoms with van der Waals surface area (Å²) in [6, 6.07) is 0.399. The highest BCUT2D eigenvalue weighted by atomic mass is 16.4. The quantitative estimate of drug-likeness (QED) is 0.806. The van der Waals surface area contributed by atoms with Crippen molar-refractivity contribution in [1.29, 1.82) is 0 Å². The number of aromatic carboxylic acids is 1. The molecule has 0 amide bonds. The molecular weight excluding hydrogens is 206 g/mol. The number of hydrogen-bond donors (Lipinski definition) is 2. The maximum absolute atomic E-state index is 10.9. The average Bonchev–Trinajstić information content (AvgIpc) is 2.92. The fourth-order valence-corrected chi connectivity index (χ4v) is 2.50. The van der Waals surface area contributed by atoms with Crippen molar-refractivity contribution in [2.24, 2.45) is 5.41 Å². The van der Waals surface area contributed by atoms with Crippen molar-refractivity contribution in [3.8, 4) is 0 Å². The first-order valence-corrected chi connectivity index (χ1v) is 5.52. The lowest BCUT2D eigenvalue weighted by Crippen LogP contribution is -2.22. The zero-order valence-electron chi connectivity index (χ0n) is 8.81. The van der Waals surface area contributed by atoms with Crippen molar-refractivity contribution in [3.63, 3.8) is 0 Å². The first kappa shape index (κ1) is 9.57. The summed E-state index contributed by atoms with van der Waals surface area (Å²) in [4.78, 5) is 18.8. The van der Waals surface area contributed by atoms with Crippen molar-refractivity contribution >= 4 is 11.8 Å². The number of carboxylic acid groups (broad SMARTS) is 1. The Bertz CT molecular complexity index is 443. The first-order chi connectivity index (χ1) is 7.71. The summed E-state index contributed by atoms with van der Waals surface area (Å²) < 4.78 is 0. The predicted octanol–water partition coefficient (Wildman–Crippen LogP) is 1.53. The van der Waals surface area contributed by atoms with Gasteiger partial charge < -0.3 is 10.4 Å². The van der Waals surface area contributed by atoms with E-state index in [0.717, 1.165) is 6.42 Å². The Hall–Kier alpha value is -1.65. The van der Waals surface area contributed by atoms with Crippen molar-refractivity contribution in [2.75, 3.05) is 5.32 Å². The zero-order chi connectivity index (χ0) is 11.2. The second-order valence-corrected chi connectivity index (χ2v) is 4.68. The third kappa shape index (κ3) is 1.35. The number of nitrogens with zero attached hydrogens (tertiary/aromatic N) is 2. The monoisotopic (exact) mass is 219 g/mol. The summed E-state index contributed by atoms with van der Waals surface area (Å²) >= 11 is 0. The van der Waals surface area contributed by atoms with Gasteiger partial charge in [0, 0.05) is 18.4 Å². The number of carbonyl (C=O) groups is 1. The van der Waals surface area contributed by atoms with Crippen LogP contribution in [0.3, 0.4) is 0 Å².